The van der Waals surface area contributed by atoms with Gasteiger partial charge in [-0.25, -0.2) is 4.39 Å². The third kappa shape index (κ3) is 3.22. The van der Waals surface area contributed by atoms with Gasteiger partial charge in [0.15, 0.2) is 0 Å². The van der Waals surface area contributed by atoms with Crippen molar-refractivity contribution in [2.45, 2.75) is 6.92 Å². The lowest BCUT2D eigenvalue weighted by molar-refractivity contribution is 0.263. The van der Waals surface area contributed by atoms with Crippen molar-refractivity contribution in [3.05, 3.63) is 29.6 Å². The summed E-state index contributed by atoms with van der Waals surface area (Å²) in [5.41, 5.74) is 5.44. The number of hydrogen-bond acceptors (Lipinski definition) is 3. The van der Waals surface area contributed by atoms with Crippen LogP contribution in [0.2, 0.25) is 0 Å². The van der Waals surface area contributed by atoms with E-state index in [-0.39, 0.29) is 11.5 Å². The zero-order valence-electron chi connectivity index (χ0n) is 8.53. The van der Waals surface area contributed by atoms with Crippen LogP contribution in [-0.2, 0) is 0 Å². The van der Waals surface area contributed by atoms with Gasteiger partial charge in [-0.2, -0.15) is 5.26 Å². The first-order chi connectivity index (χ1) is 7.17. The highest BCUT2D eigenvalue weighted by atomic mass is 19.1. The number of halogens is 1. The van der Waals surface area contributed by atoms with Crippen LogP contribution in [-0.4, -0.2) is 13.2 Å². The van der Waals surface area contributed by atoms with Crippen LogP contribution in [0.1, 0.15) is 12.5 Å². The first-order valence-corrected chi connectivity index (χ1v) is 4.70. The van der Waals surface area contributed by atoms with Gasteiger partial charge in [-0.15, -0.1) is 0 Å². The molecule has 4 heteroatoms. The Hall–Kier alpha value is -1.60. The fourth-order valence-electron chi connectivity index (χ4n) is 0.983. The first-order valence-electron chi connectivity index (χ1n) is 4.70. The fourth-order valence-corrected chi connectivity index (χ4v) is 0.983. The molecule has 1 atom stereocenters. The average molecular weight is 208 g/mol. The lowest BCUT2D eigenvalue weighted by Gasteiger charge is -2.10. The molecule has 0 heterocycles. The lowest BCUT2D eigenvalue weighted by atomic mass is 10.2. The molecule has 0 aliphatic carbocycles. The topological polar surface area (TPSA) is 59.0 Å². The second-order valence-corrected chi connectivity index (χ2v) is 3.41. The minimum Gasteiger partial charge on any atom is -0.493 e. The molecule has 1 aromatic carbocycles. The van der Waals surface area contributed by atoms with E-state index in [4.69, 9.17) is 15.7 Å². The quantitative estimate of drug-likeness (QED) is 0.818. The van der Waals surface area contributed by atoms with Crippen molar-refractivity contribution < 1.29 is 9.13 Å². The number of ether oxygens (including phenoxy) is 1. The molecular formula is C11H13FN2O. The smallest absolute Gasteiger partial charge is 0.144 e. The molecule has 80 valence electrons. The second-order valence-electron chi connectivity index (χ2n) is 3.41. The van der Waals surface area contributed by atoms with Crippen LogP contribution in [0.15, 0.2) is 18.2 Å². The van der Waals surface area contributed by atoms with E-state index in [2.05, 4.69) is 0 Å². The van der Waals surface area contributed by atoms with Crippen molar-refractivity contribution in [1.82, 2.24) is 0 Å². The Kier molecular flexibility index (Phi) is 4.07. The highest BCUT2D eigenvalue weighted by Gasteiger charge is 2.05. The highest BCUT2D eigenvalue weighted by molar-refractivity contribution is 5.36. The van der Waals surface area contributed by atoms with E-state index in [0.29, 0.717) is 18.9 Å². The molecule has 2 N–H and O–H groups in total. The van der Waals surface area contributed by atoms with Gasteiger partial charge in [-0.3, -0.25) is 0 Å². The zero-order chi connectivity index (χ0) is 11.3. The summed E-state index contributed by atoms with van der Waals surface area (Å²) in [6.45, 7) is 2.92. The summed E-state index contributed by atoms with van der Waals surface area (Å²) in [4.78, 5) is 0. The van der Waals surface area contributed by atoms with Crippen LogP contribution in [0.4, 0.5) is 4.39 Å². The van der Waals surface area contributed by atoms with E-state index in [1.807, 2.05) is 6.92 Å². The van der Waals surface area contributed by atoms with Gasteiger partial charge in [0.25, 0.3) is 0 Å². The van der Waals surface area contributed by atoms with Gasteiger partial charge in [0.05, 0.1) is 12.2 Å². The van der Waals surface area contributed by atoms with E-state index in [1.165, 1.54) is 12.1 Å². The Morgan fingerprint density at radius 2 is 2.33 bits per heavy atom. The SMILES string of the molecule is CC(CN)COc1ccc(C#N)c(F)c1. The summed E-state index contributed by atoms with van der Waals surface area (Å²) in [5, 5.41) is 8.52. The molecule has 0 aliphatic heterocycles. The standard InChI is InChI=1S/C11H13FN2O/c1-8(5-13)7-15-10-3-2-9(6-14)11(12)4-10/h2-4,8H,5,7,13H2,1H3. The van der Waals surface area contributed by atoms with E-state index in [0.717, 1.165) is 0 Å². The molecule has 0 saturated heterocycles. The molecule has 0 aliphatic rings. The summed E-state index contributed by atoms with van der Waals surface area (Å²) in [6.07, 6.45) is 0. The Morgan fingerprint density at radius 3 is 2.87 bits per heavy atom. The van der Waals surface area contributed by atoms with Crippen molar-refractivity contribution in [2.75, 3.05) is 13.2 Å². The predicted octanol–water partition coefficient (Wildman–Crippen LogP) is 1.67. The minimum absolute atomic E-state index is 0.0224. The number of benzene rings is 1. The summed E-state index contributed by atoms with van der Waals surface area (Å²) in [6, 6.07) is 5.93. The fraction of sp³-hybridized carbons (Fsp3) is 0.364. The molecule has 1 rings (SSSR count). The van der Waals surface area contributed by atoms with Gasteiger partial charge in [-0.05, 0) is 18.7 Å². The van der Waals surface area contributed by atoms with Crippen LogP contribution in [0.25, 0.3) is 0 Å². The van der Waals surface area contributed by atoms with Crippen LogP contribution in [0.5, 0.6) is 5.75 Å². The molecule has 0 aromatic heterocycles. The maximum atomic E-state index is 13.1. The van der Waals surface area contributed by atoms with E-state index < -0.39 is 5.82 Å². The molecule has 3 nitrogen and oxygen atoms in total. The molecule has 15 heavy (non-hydrogen) atoms. The molecule has 1 unspecified atom stereocenters. The Morgan fingerprint density at radius 1 is 1.60 bits per heavy atom. The van der Waals surface area contributed by atoms with Crippen molar-refractivity contribution in [2.24, 2.45) is 11.7 Å². The number of nitrogens with zero attached hydrogens (tertiary/aromatic N) is 1. The van der Waals surface area contributed by atoms with Crippen LogP contribution in [0.3, 0.4) is 0 Å². The zero-order valence-corrected chi connectivity index (χ0v) is 8.53. The largest absolute Gasteiger partial charge is 0.493 e. The Labute approximate surface area is 88.3 Å². The molecule has 0 radical (unpaired) electrons. The van der Waals surface area contributed by atoms with Gasteiger partial charge < -0.3 is 10.5 Å². The predicted molar refractivity (Wildman–Crippen MR) is 54.8 cm³/mol. The third-order valence-electron chi connectivity index (χ3n) is 2.00. The maximum absolute atomic E-state index is 13.1. The van der Waals surface area contributed by atoms with Crippen molar-refractivity contribution in [1.29, 1.82) is 5.26 Å². The molecule has 0 spiro atoms. The summed E-state index contributed by atoms with van der Waals surface area (Å²) in [7, 11) is 0. The van der Waals surface area contributed by atoms with Crippen LogP contribution < -0.4 is 10.5 Å². The molecular weight excluding hydrogens is 195 g/mol. The normalized spacial score (nSPS) is 11.9. The summed E-state index contributed by atoms with van der Waals surface area (Å²) in [5.74, 6) is 0.0888. The number of rotatable bonds is 4. The Bertz CT molecular complexity index is 373. The molecule has 0 saturated carbocycles. The number of nitrogens with two attached hydrogens (primary N) is 1. The van der Waals surface area contributed by atoms with Crippen LogP contribution in [0, 0.1) is 23.1 Å². The monoisotopic (exact) mass is 208 g/mol. The van der Waals surface area contributed by atoms with Crippen molar-refractivity contribution in [3.8, 4) is 11.8 Å². The highest BCUT2D eigenvalue weighted by Crippen LogP contribution is 2.16. The van der Waals surface area contributed by atoms with E-state index in [9.17, 15) is 4.39 Å². The molecule has 1 aromatic rings. The van der Waals surface area contributed by atoms with E-state index >= 15 is 0 Å². The maximum Gasteiger partial charge on any atom is 0.144 e. The number of nitriles is 1. The summed E-state index contributed by atoms with van der Waals surface area (Å²) < 4.78 is 18.4. The minimum atomic E-state index is -0.560. The molecule has 0 bridgehead atoms. The van der Waals surface area contributed by atoms with E-state index in [1.54, 1.807) is 12.1 Å². The van der Waals surface area contributed by atoms with Crippen molar-refractivity contribution in [3.63, 3.8) is 0 Å². The Balaban J connectivity index is 2.64. The molecule has 0 fully saturated rings. The first kappa shape index (κ1) is 11.5. The molecule has 0 amide bonds. The number of hydrogen-bond donors (Lipinski definition) is 1. The van der Waals surface area contributed by atoms with Gasteiger partial charge in [-0.1, -0.05) is 6.92 Å². The average Bonchev–Trinajstić information content (AvgIpc) is 2.26. The summed E-state index contributed by atoms with van der Waals surface area (Å²) >= 11 is 0. The van der Waals surface area contributed by atoms with Gasteiger partial charge >= 0.3 is 0 Å². The van der Waals surface area contributed by atoms with Crippen molar-refractivity contribution >= 4 is 0 Å². The van der Waals surface area contributed by atoms with Gasteiger partial charge in [0.1, 0.15) is 17.6 Å². The van der Waals surface area contributed by atoms with Gasteiger partial charge in [0.2, 0.25) is 0 Å². The second kappa shape index (κ2) is 5.32. The van der Waals surface area contributed by atoms with Crippen LogP contribution >= 0.6 is 0 Å². The lowest BCUT2D eigenvalue weighted by Crippen LogP contribution is -2.18. The third-order valence-corrected chi connectivity index (χ3v) is 2.00. The van der Waals surface area contributed by atoms with Gasteiger partial charge in [0, 0.05) is 12.0 Å².